The van der Waals surface area contributed by atoms with E-state index < -0.39 is 17.8 Å². The van der Waals surface area contributed by atoms with E-state index in [0.717, 1.165) is 43.6 Å². The van der Waals surface area contributed by atoms with Crippen molar-refractivity contribution in [2.24, 2.45) is 0 Å². The molecule has 2 aromatic heterocycles. The maximum atomic E-state index is 15.9. The summed E-state index contributed by atoms with van der Waals surface area (Å²) >= 11 is 7.46. The molecule has 0 bridgehead atoms. The number of fused-ring (bicyclic) bond motifs is 3. The first kappa shape index (κ1) is 27.8. The van der Waals surface area contributed by atoms with E-state index in [-0.39, 0.29) is 60.3 Å². The van der Waals surface area contributed by atoms with Crippen LogP contribution in [0.25, 0.3) is 32.1 Å². The molecule has 3 aliphatic rings. The van der Waals surface area contributed by atoms with Gasteiger partial charge in [-0.25, -0.2) is 13.2 Å². The number of aromatic nitrogens is 2. The van der Waals surface area contributed by atoms with E-state index in [9.17, 15) is 14.0 Å². The number of thiophene rings is 1. The van der Waals surface area contributed by atoms with Crippen molar-refractivity contribution < 1.29 is 22.6 Å². The molecule has 2 saturated heterocycles. The number of methoxy groups -OCH3 is 1. The third-order valence-electron chi connectivity index (χ3n) is 8.00. The van der Waals surface area contributed by atoms with E-state index in [0.29, 0.717) is 18.0 Å². The highest BCUT2D eigenvalue weighted by Gasteiger charge is 2.34. The van der Waals surface area contributed by atoms with Crippen LogP contribution in [0.3, 0.4) is 0 Å². The Kier molecular flexibility index (Phi) is 7.57. The van der Waals surface area contributed by atoms with E-state index in [2.05, 4.69) is 14.9 Å². The number of hydrogen-bond acceptors (Lipinski definition) is 8. The molecule has 2 aromatic carbocycles. The molecule has 1 saturated carbocycles. The minimum absolute atomic E-state index is 0.0111. The van der Waals surface area contributed by atoms with E-state index in [1.165, 1.54) is 38.2 Å². The van der Waals surface area contributed by atoms with Gasteiger partial charge in [-0.2, -0.15) is 15.2 Å². The molecule has 1 aliphatic carbocycles. The third kappa shape index (κ3) is 5.02. The van der Waals surface area contributed by atoms with Crippen molar-refractivity contribution in [2.45, 2.75) is 56.8 Å². The zero-order valence-corrected chi connectivity index (χ0v) is 23.8. The Hall–Kier alpha value is -3.33. The minimum Gasteiger partial charge on any atom is -0.474 e. The summed E-state index contributed by atoms with van der Waals surface area (Å²) in [6.07, 6.45) is 5.62. The molecule has 214 valence electrons. The number of nitriles is 1. The number of anilines is 1. The van der Waals surface area contributed by atoms with Crippen molar-refractivity contribution in [2.75, 3.05) is 25.9 Å². The Morgan fingerprint density at radius 2 is 2.00 bits per heavy atom. The topological polar surface area (TPSA) is 97.3 Å². The van der Waals surface area contributed by atoms with Gasteiger partial charge in [0.05, 0.1) is 27.8 Å². The van der Waals surface area contributed by atoms with Crippen LogP contribution in [0.2, 0.25) is 5.02 Å². The molecule has 4 heterocycles. The maximum Gasteiger partial charge on any atom is 0.320 e. The summed E-state index contributed by atoms with van der Waals surface area (Å²) in [4.78, 5) is 10.7. The zero-order chi connectivity index (χ0) is 28.8. The molecular weight excluding hydrogens is 575 g/mol. The van der Waals surface area contributed by atoms with Gasteiger partial charge in [0.2, 0.25) is 5.88 Å². The van der Waals surface area contributed by atoms with Gasteiger partial charge in [-0.3, -0.25) is 4.90 Å². The molecule has 0 amide bonds. The fraction of sp³-hybridized carbons (Fsp3) is 0.414. The van der Waals surface area contributed by atoms with Crippen molar-refractivity contribution in [3.63, 3.8) is 0 Å². The molecule has 0 spiro atoms. The maximum absolute atomic E-state index is 15.9. The van der Waals surface area contributed by atoms with Crippen LogP contribution in [0.5, 0.6) is 11.9 Å². The largest absolute Gasteiger partial charge is 0.474 e. The summed E-state index contributed by atoms with van der Waals surface area (Å²) in [6.45, 7) is 1.86. The van der Waals surface area contributed by atoms with E-state index in [4.69, 9.17) is 26.8 Å². The van der Waals surface area contributed by atoms with Crippen LogP contribution in [-0.4, -0.2) is 53.4 Å². The molecule has 2 unspecified atom stereocenters. The van der Waals surface area contributed by atoms with Crippen LogP contribution in [0.1, 0.15) is 44.1 Å². The number of hydrogen-bond donors (Lipinski definition) is 1. The van der Waals surface area contributed by atoms with Crippen molar-refractivity contribution in [3.8, 4) is 29.1 Å². The minimum atomic E-state index is -0.756. The van der Waals surface area contributed by atoms with Gasteiger partial charge in [0.15, 0.2) is 5.82 Å². The van der Waals surface area contributed by atoms with Crippen LogP contribution in [0.4, 0.5) is 18.2 Å². The van der Waals surface area contributed by atoms with Gasteiger partial charge in [-0.05, 0) is 62.8 Å². The molecule has 2 aliphatic heterocycles. The predicted octanol–water partition coefficient (Wildman–Crippen LogP) is 7.03. The lowest BCUT2D eigenvalue weighted by atomic mass is 9.96. The highest BCUT2D eigenvalue weighted by molar-refractivity contribution is 7.23. The van der Waals surface area contributed by atoms with Crippen molar-refractivity contribution >= 4 is 48.9 Å². The third-order valence-corrected chi connectivity index (χ3v) is 9.32. The van der Waals surface area contributed by atoms with Gasteiger partial charge in [-0.15, -0.1) is 11.3 Å². The summed E-state index contributed by atoms with van der Waals surface area (Å²) in [7, 11) is 1.37. The summed E-state index contributed by atoms with van der Waals surface area (Å²) < 4.78 is 54.2. The second kappa shape index (κ2) is 11.2. The van der Waals surface area contributed by atoms with Crippen LogP contribution in [0, 0.1) is 23.0 Å². The molecule has 7 rings (SSSR count). The summed E-state index contributed by atoms with van der Waals surface area (Å²) in [6, 6.07) is 6.63. The molecular formula is C29H27ClF3N5O2S. The number of halogens is 4. The highest BCUT2D eigenvalue weighted by atomic mass is 35.5. The van der Waals surface area contributed by atoms with Gasteiger partial charge in [0.25, 0.3) is 0 Å². The molecule has 2 N–H and O–H groups in total. The molecule has 7 nitrogen and oxygen atoms in total. The number of benzene rings is 2. The zero-order valence-electron chi connectivity index (χ0n) is 22.2. The average molecular weight is 602 g/mol. The van der Waals surface area contributed by atoms with Crippen LogP contribution in [-0.2, 0) is 0 Å². The Morgan fingerprint density at radius 3 is 2.68 bits per heavy atom. The second-order valence-corrected chi connectivity index (χ2v) is 12.0. The van der Waals surface area contributed by atoms with Gasteiger partial charge >= 0.3 is 6.01 Å². The van der Waals surface area contributed by atoms with Gasteiger partial charge < -0.3 is 15.2 Å². The van der Waals surface area contributed by atoms with Crippen molar-refractivity contribution in [1.82, 2.24) is 14.9 Å². The van der Waals surface area contributed by atoms with Crippen LogP contribution >= 0.6 is 22.9 Å². The van der Waals surface area contributed by atoms with Crippen LogP contribution < -0.4 is 15.2 Å². The second-order valence-electron chi connectivity index (χ2n) is 10.5. The van der Waals surface area contributed by atoms with Gasteiger partial charge in [-0.1, -0.05) is 17.7 Å². The molecule has 3 fully saturated rings. The quantitative estimate of drug-likeness (QED) is 0.268. The Balaban J connectivity index is 0.000000283. The molecule has 2 atom stereocenters. The Labute approximate surface area is 243 Å². The normalized spacial score (nSPS) is 20.4. The number of nitrogens with zero attached hydrogens (tertiary/aromatic N) is 4. The van der Waals surface area contributed by atoms with Gasteiger partial charge in [0.1, 0.15) is 34.7 Å². The summed E-state index contributed by atoms with van der Waals surface area (Å²) in [5.74, 6) is -1.13. The lowest BCUT2D eigenvalue weighted by Crippen LogP contribution is -2.25. The SMILES string of the molecule is COc1nc(OC2CCC2)c2cc(Cl)c(-c3ccc(F)c4sc(N)c(C#N)c34)c(F)c2n1.FC1CC2CCCN2C1. The Morgan fingerprint density at radius 1 is 1.20 bits per heavy atom. The number of nitrogens with two attached hydrogens (primary N) is 1. The fourth-order valence-electron chi connectivity index (χ4n) is 5.76. The average Bonchev–Trinajstić information content (AvgIpc) is 3.60. The van der Waals surface area contributed by atoms with E-state index in [1.54, 1.807) is 0 Å². The monoisotopic (exact) mass is 601 g/mol. The molecule has 0 radical (unpaired) electrons. The molecule has 12 heteroatoms. The predicted molar refractivity (Wildman–Crippen MR) is 153 cm³/mol. The number of alkyl halides is 1. The number of rotatable bonds is 4. The number of ether oxygens (including phenoxy) is 2. The molecule has 41 heavy (non-hydrogen) atoms. The number of nitrogen functional groups attached to an aromatic ring is 1. The fourth-order valence-corrected chi connectivity index (χ4v) is 7.00. The molecule has 4 aromatic rings. The Bertz CT molecular complexity index is 1680. The first-order valence-electron chi connectivity index (χ1n) is 13.5. The van der Waals surface area contributed by atoms with Crippen molar-refractivity contribution in [3.05, 3.63) is 40.4 Å². The lowest BCUT2D eigenvalue weighted by Gasteiger charge is -2.26. The summed E-state index contributed by atoms with van der Waals surface area (Å²) in [5, 5.41) is 10.3. The van der Waals surface area contributed by atoms with Crippen molar-refractivity contribution in [1.29, 1.82) is 5.26 Å². The van der Waals surface area contributed by atoms with Gasteiger partial charge in [0, 0.05) is 23.5 Å². The summed E-state index contributed by atoms with van der Waals surface area (Å²) in [5.41, 5.74) is 6.17. The highest BCUT2D eigenvalue weighted by Crippen LogP contribution is 2.45. The van der Waals surface area contributed by atoms with Crippen LogP contribution in [0.15, 0.2) is 18.2 Å². The lowest BCUT2D eigenvalue weighted by molar-refractivity contribution is 0.115. The standard InChI is InChI=1S/C22H15ClF2N4O2S.C7H12FN/c1-30-22-28-18-11(21(29-22)31-9-3-2-4-9)7-13(23)16(17(18)25)10-5-6-14(24)19-15(10)12(8-26)20(27)32-19;8-6-4-7-2-1-3-9(7)5-6/h5-7,9H,2-4,27H2,1H3;6-7H,1-5H2. The first-order valence-corrected chi connectivity index (χ1v) is 14.7. The smallest absolute Gasteiger partial charge is 0.320 e. The first-order chi connectivity index (χ1) is 19.8. The van der Waals surface area contributed by atoms with E-state index >= 15 is 4.39 Å². The van der Waals surface area contributed by atoms with E-state index in [1.807, 2.05) is 6.07 Å².